The van der Waals surface area contributed by atoms with Gasteiger partial charge in [-0.2, -0.15) is 5.10 Å². The van der Waals surface area contributed by atoms with Crippen molar-refractivity contribution in [3.63, 3.8) is 0 Å². The molecule has 138 valence electrons. The minimum atomic E-state index is -0.355. The summed E-state index contributed by atoms with van der Waals surface area (Å²) in [5.74, 6) is 0.941. The summed E-state index contributed by atoms with van der Waals surface area (Å²) in [7, 11) is 3.64. The first kappa shape index (κ1) is 21.1. The molecule has 0 spiro atoms. The molecule has 0 aliphatic carbocycles. The molecule has 3 heterocycles. The molecule has 1 unspecified atom stereocenters. The van der Waals surface area contributed by atoms with E-state index in [4.69, 9.17) is 0 Å². The molecule has 0 radical (unpaired) electrons. The van der Waals surface area contributed by atoms with Gasteiger partial charge in [0.15, 0.2) is 0 Å². The van der Waals surface area contributed by atoms with Crippen molar-refractivity contribution >= 4 is 36.5 Å². The summed E-state index contributed by atoms with van der Waals surface area (Å²) in [5, 5.41) is 7.24. The van der Waals surface area contributed by atoms with E-state index in [2.05, 4.69) is 25.3 Å². The van der Waals surface area contributed by atoms with Gasteiger partial charge in [-0.3, -0.25) is 14.5 Å². The Bertz CT molecular complexity index is 659. The summed E-state index contributed by atoms with van der Waals surface area (Å²) in [5.41, 5.74) is 0.886. The lowest BCUT2D eigenvalue weighted by molar-refractivity contribution is -0.133. The number of nitrogens with zero attached hydrogens (tertiary/aromatic N) is 6. The molecular formula is C15H23Cl2N7O. The molecule has 1 aliphatic heterocycles. The normalized spacial score (nSPS) is 15.1. The number of carbonyl (C=O) groups excluding carboxylic acids is 1. The molecule has 3 rings (SSSR count). The van der Waals surface area contributed by atoms with Crippen molar-refractivity contribution in [3.05, 3.63) is 36.5 Å². The molecule has 10 heteroatoms. The number of hydrogen-bond donors (Lipinski definition) is 1. The van der Waals surface area contributed by atoms with E-state index in [-0.39, 0.29) is 36.8 Å². The van der Waals surface area contributed by atoms with Crippen LogP contribution in [0.15, 0.2) is 31.0 Å². The zero-order chi connectivity index (χ0) is 16.2. The second kappa shape index (κ2) is 9.55. The smallest absolute Gasteiger partial charge is 0.244 e. The largest absolute Gasteiger partial charge is 0.352 e. The van der Waals surface area contributed by atoms with Gasteiger partial charge in [0, 0.05) is 57.4 Å². The van der Waals surface area contributed by atoms with E-state index >= 15 is 0 Å². The minimum absolute atomic E-state index is 0. The first-order chi connectivity index (χ1) is 11.2. The fourth-order valence-electron chi connectivity index (χ4n) is 2.81. The monoisotopic (exact) mass is 387 g/mol. The first-order valence-electron chi connectivity index (χ1n) is 7.64. The number of hydrogen-bond acceptors (Lipinski definition) is 6. The fraction of sp³-hybridized carbons (Fsp3) is 0.467. The van der Waals surface area contributed by atoms with Gasteiger partial charge in [0.25, 0.3) is 0 Å². The van der Waals surface area contributed by atoms with Gasteiger partial charge in [0.05, 0.1) is 12.4 Å². The van der Waals surface area contributed by atoms with E-state index < -0.39 is 0 Å². The van der Waals surface area contributed by atoms with Crippen LogP contribution in [0.1, 0.15) is 11.6 Å². The van der Waals surface area contributed by atoms with Gasteiger partial charge in [-0.25, -0.2) is 4.98 Å². The predicted molar refractivity (Wildman–Crippen MR) is 100 cm³/mol. The maximum absolute atomic E-state index is 12.8. The molecular weight excluding hydrogens is 365 g/mol. The summed E-state index contributed by atoms with van der Waals surface area (Å²) < 4.78 is 1.71. The number of nitrogens with one attached hydrogen (secondary N) is 1. The maximum atomic E-state index is 12.8. The van der Waals surface area contributed by atoms with Crippen molar-refractivity contribution < 1.29 is 4.79 Å². The van der Waals surface area contributed by atoms with E-state index in [9.17, 15) is 4.79 Å². The second-order valence-corrected chi connectivity index (χ2v) is 5.54. The third-order valence-corrected chi connectivity index (χ3v) is 4.06. The minimum Gasteiger partial charge on any atom is -0.352 e. The van der Waals surface area contributed by atoms with E-state index in [1.54, 1.807) is 36.5 Å². The molecule has 1 atom stereocenters. The Balaban J connectivity index is 0.00000156. The molecule has 1 saturated heterocycles. The Morgan fingerprint density at radius 2 is 1.88 bits per heavy atom. The van der Waals surface area contributed by atoms with Crippen molar-refractivity contribution in [3.8, 4) is 0 Å². The van der Waals surface area contributed by atoms with Crippen LogP contribution >= 0.6 is 24.8 Å². The zero-order valence-corrected chi connectivity index (χ0v) is 15.8. The molecule has 1 N–H and O–H groups in total. The Morgan fingerprint density at radius 3 is 2.40 bits per heavy atom. The third kappa shape index (κ3) is 4.81. The molecule has 0 bridgehead atoms. The Morgan fingerprint density at radius 1 is 1.16 bits per heavy atom. The van der Waals surface area contributed by atoms with Crippen LogP contribution in [-0.4, -0.2) is 63.8 Å². The average molecular weight is 388 g/mol. The van der Waals surface area contributed by atoms with Crippen LogP contribution < -0.4 is 10.2 Å². The van der Waals surface area contributed by atoms with E-state index in [0.717, 1.165) is 24.5 Å². The molecule has 2 aromatic heterocycles. The number of rotatable bonds is 4. The zero-order valence-electron chi connectivity index (χ0n) is 14.2. The number of piperazine rings is 1. The van der Waals surface area contributed by atoms with Gasteiger partial charge in [-0.05, 0) is 7.05 Å². The summed E-state index contributed by atoms with van der Waals surface area (Å²) in [4.78, 5) is 25.2. The summed E-state index contributed by atoms with van der Waals surface area (Å²) >= 11 is 0. The number of carbonyl (C=O) groups is 1. The van der Waals surface area contributed by atoms with Crippen LogP contribution in [-0.2, 0) is 11.8 Å². The van der Waals surface area contributed by atoms with Crippen LogP contribution in [0.2, 0.25) is 0 Å². The van der Waals surface area contributed by atoms with Gasteiger partial charge in [0.2, 0.25) is 5.91 Å². The molecule has 8 nitrogen and oxygen atoms in total. The first-order valence-corrected chi connectivity index (χ1v) is 7.64. The standard InChI is InChI=1S/C15H21N7O.2ClH/c1-16-14(12-9-19-20(2)11-12)15(23)22-7-5-21(6-8-22)13-10-17-3-4-18-13;;/h3-4,9-11,14,16H,5-8H2,1-2H3;2*1H. The van der Waals surface area contributed by atoms with Crippen LogP contribution in [0, 0.1) is 0 Å². The molecule has 0 saturated carbocycles. The summed E-state index contributed by atoms with van der Waals surface area (Å²) in [6, 6.07) is -0.355. The van der Waals surface area contributed by atoms with Crippen molar-refractivity contribution in [1.82, 2.24) is 30.0 Å². The lowest BCUT2D eigenvalue weighted by Crippen LogP contribution is -2.51. The van der Waals surface area contributed by atoms with Crippen LogP contribution in [0.4, 0.5) is 5.82 Å². The lowest BCUT2D eigenvalue weighted by Gasteiger charge is -2.36. The summed E-state index contributed by atoms with van der Waals surface area (Å²) in [6.07, 6.45) is 8.70. The quantitative estimate of drug-likeness (QED) is 0.829. The van der Waals surface area contributed by atoms with Crippen molar-refractivity contribution in [2.75, 3.05) is 38.1 Å². The number of aryl methyl sites for hydroxylation is 1. The summed E-state index contributed by atoms with van der Waals surface area (Å²) in [6.45, 7) is 2.86. The number of likely N-dealkylation sites (N-methyl/N-ethyl adjacent to an activating group) is 1. The topological polar surface area (TPSA) is 79.2 Å². The molecule has 2 aromatic rings. The SMILES string of the molecule is CNC(C(=O)N1CCN(c2cnccn2)CC1)c1cnn(C)c1.Cl.Cl. The second-order valence-electron chi connectivity index (χ2n) is 5.54. The fourth-order valence-corrected chi connectivity index (χ4v) is 2.81. The van der Waals surface area contributed by atoms with Crippen molar-refractivity contribution in [2.45, 2.75) is 6.04 Å². The van der Waals surface area contributed by atoms with Gasteiger partial charge >= 0.3 is 0 Å². The molecule has 0 aromatic carbocycles. The Labute approximate surface area is 159 Å². The number of aromatic nitrogens is 4. The highest BCUT2D eigenvalue weighted by atomic mass is 35.5. The molecule has 1 fully saturated rings. The Hall–Kier alpha value is -1.90. The Kier molecular flexibility index (Phi) is 8.08. The lowest BCUT2D eigenvalue weighted by atomic mass is 10.1. The third-order valence-electron chi connectivity index (χ3n) is 4.06. The van der Waals surface area contributed by atoms with Crippen LogP contribution in [0.5, 0.6) is 0 Å². The molecule has 1 aliphatic rings. The van der Waals surface area contributed by atoms with Gasteiger partial charge in [-0.1, -0.05) is 0 Å². The van der Waals surface area contributed by atoms with E-state index in [1.165, 1.54) is 0 Å². The molecule has 1 amide bonds. The highest BCUT2D eigenvalue weighted by Gasteiger charge is 2.28. The van der Waals surface area contributed by atoms with E-state index in [1.807, 2.05) is 18.1 Å². The van der Waals surface area contributed by atoms with Gasteiger partial charge in [-0.15, -0.1) is 24.8 Å². The highest BCUT2D eigenvalue weighted by molar-refractivity contribution is 5.85. The average Bonchev–Trinajstić information content (AvgIpc) is 3.02. The van der Waals surface area contributed by atoms with Gasteiger partial charge in [0.1, 0.15) is 11.9 Å². The molecule has 25 heavy (non-hydrogen) atoms. The van der Waals surface area contributed by atoms with Crippen LogP contribution in [0.25, 0.3) is 0 Å². The highest BCUT2D eigenvalue weighted by Crippen LogP contribution is 2.17. The predicted octanol–water partition coefficient (Wildman–Crippen LogP) is 0.663. The number of anilines is 1. The van der Waals surface area contributed by atoms with Crippen molar-refractivity contribution in [1.29, 1.82) is 0 Å². The number of amides is 1. The van der Waals surface area contributed by atoms with Gasteiger partial charge < -0.3 is 15.1 Å². The van der Waals surface area contributed by atoms with Crippen LogP contribution in [0.3, 0.4) is 0 Å². The van der Waals surface area contributed by atoms with E-state index in [0.29, 0.717) is 13.1 Å². The van der Waals surface area contributed by atoms with Crippen molar-refractivity contribution in [2.24, 2.45) is 7.05 Å². The maximum Gasteiger partial charge on any atom is 0.244 e. The number of halogens is 2.